The van der Waals surface area contributed by atoms with Crippen LogP contribution in [0.3, 0.4) is 0 Å². The van der Waals surface area contributed by atoms with Crippen LogP contribution in [0.15, 0.2) is 24.3 Å². The molecule has 3 heteroatoms. The largest absolute Gasteiger partial charge is 0.342 e. The summed E-state index contributed by atoms with van der Waals surface area (Å²) in [7, 11) is 0. The van der Waals surface area contributed by atoms with E-state index < -0.39 is 0 Å². The Morgan fingerprint density at radius 2 is 2.05 bits per heavy atom. The van der Waals surface area contributed by atoms with Crippen LogP contribution in [0.2, 0.25) is 5.02 Å². The van der Waals surface area contributed by atoms with Gasteiger partial charge in [0, 0.05) is 18.1 Å². The number of carbonyl (C=O) groups is 1. The fourth-order valence-corrected chi connectivity index (χ4v) is 2.89. The normalized spacial score (nSPS) is 18.4. The van der Waals surface area contributed by atoms with Crippen molar-refractivity contribution in [2.24, 2.45) is 5.92 Å². The van der Waals surface area contributed by atoms with Crippen LogP contribution in [0.4, 0.5) is 0 Å². The van der Waals surface area contributed by atoms with Crippen molar-refractivity contribution < 1.29 is 4.79 Å². The summed E-state index contributed by atoms with van der Waals surface area (Å²) in [6.45, 7) is 7.90. The highest BCUT2D eigenvalue weighted by Crippen LogP contribution is 2.29. The van der Waals surface area contributed by atoms with Crippen LogP contribution < -0.4 is 0 Å². The maximum absolute atomic E-state index is 12.6. The molecule has 0 bridgehead atoms. The Morgan fingerprint density at radius 3 is 2.63 bits per heavy atom. The Morgan fingerprint density at radius 1 is 1.42 bits per heavy atom. The van der Waals surface area contributed by atoms with E-state index in [1.807, 2.05) is 29.2 Å². The monoisotopic (exact) mass is 278 g/mol. The molecule has 0 saturated carbocycles. The van der Waals surface area contributed by atoms with Gasteiger partial charge in [0.05, 0.1) is 5.92 Å². The summed E-state index contributed by atoms with van der Waals surface area (Å²) in [6, 6.07) is 7.59. The zero-order valence-corrected chi connectivity index (χ0v) is 12.2. The van der Waals surface area contributed by atoms with Gasteiger partial charge < -0.3 is 4.90 Å². The van der Waals surface area contributed by atoms with Gasteiger partial charge in [-0.3, -0.25) is 4.79 Å². The maximum atomic E-state index is 12.6. The number of hydrogen-bond donors (Lipinski definition) is 0. The van der Waals surface area contributed by atoms with Crippen molar-refractivity contribution in [3.63, 3.8) is 0 Å². The first-order chi connectivity index (χ1) is 9.13. The second-order valence-electron chi connectivity index (χ2n) is 5.37. The van der Waals surface area contributed by atoms with E-state index >= 15 is 0 Å². The average molecular weight is 279 g/mol. The quantitative estimate of drug-likeness (QED) is 0.821. The van der Waals surface area contributed by atoms with Crippen LogP contribution in [-0.2, 0) is 4.79 Å². The zero-order valence-electron chi connectivity index (χ0n) is 11.4. The molecule has 1 amide bonds. The van der Waals surface area contributed by atoms with Crippen molar-refractivity contribution in [2.45, 2.75) is 32.1 Å². The first-order valence-corrected chi connectivity index (χ1v) is 7.33. The van der Waals surface area contributed by atoms with E-state index in [0.29, 0.717) is 11.4 Å². The summed E-state index contributed by atoms with van der Waals surface area (Å²) in [6.07, 6.45) is 2.74. The molecule has 1 heterocycles. The van der Waals surface area contributed by atoms with Crippen molar-refractivity contribution in [2.75, 3.05) is 13.1 Å². The van der Waals surface area contributed by atoms with E-state index in [1.54, 1.807) is 0 Å². The molecule has 1 saturated heterocycles. The number of likely N-dealkylation sites (tertiary alicyclic amines) is 1. The van der Waals surface area contributed by atoms with E-state index in [9.17, 15) is 4.79 Å². The molecular formula is C16H21ClNO. The van der Waals surface area contributed by atoms with Gasteiger partial charge in [0.25, 0.3) is 0 Å². The minimum absolute atomic E-state index is 0.176. The topological polar surface area (TPSA) is 20.3 Å². The Balaban J connectivity index is 2.14. The Kier molecular flexibility index (Phi) is 4.87. The highest BCUT2D eigenvalue weighted by molar-refractivity contribution is 6.31. The highest BCUT2D eigenvalue weighted by Gasteiger charge is 2.28. The molecule has 1 aromatic rings. The Hall–Kier alpha value is -1.02. The van der Waals surface area contributed by atoms with Gasteiger partial charge in [0.1, 0.15) is 0 Å². The lowest BCUT2D eigenvalue weighted by Gasteiger charge is -2.33. The van der Waals surface area contributed by atoms with Crippen LogP contribution in [0, 0.1) is 12.8 Å². The summed E-state index contributed by atoms with van der Waals surface area (Å²) in [5, 5.41) is 0.662. The van der Waals surface area contributed by atoms with Crippen molar-refractivity contribution in [1.29, 1.82) is 0 Å². The summed E-state index contributed by atoms with van der Waals surface area (Å²) in [5.74, 6) is 0.694. The van der Waals surface area contributed by atoms with Crippen LogP contribution in [-0.4, -0.2) is 23.9 Å². The SMILES string of the molecule is [CH2]CC(C(=O)N1CCC(C)CC1)c1ccccc1Cl. The van der Waals surface area contributed by atoms with Crippen LogP contribution in [0.25, 0.3) is 0 Å². The molecule has 2 rings (SSSR count). The predicted molar refractivity (Wildman–Crippen MR) is 79.1 cm³/mol. The minimum atomic E-state index is -0.206. The Bertz CT molecular complexity index is 438. The average Bonchev–Trinajstić information content (AvgIpc) is 2.42. The highest BCUT2D eigenvalue weighted by atomic mass is 35.5. The van der Waals surface area contributed by atoms with Crippen molar-refractivity contribution in [3.8, 4) is 0 Å². The molecule has 2 nitrogen and oxygen atoms in total. The molecule has 1 aliphatic rings. The van der Waals surface area contributed by atoms with E-state index in [-0.39, 0.29) is 11.8 Å². The minimum Gasteiger partial charge on any atom is -0.342 e. The van der Waals surface area contributed by atoms with Gasteiger partial charge in [0.2, 0.25) is 5.91 Å². The van der Waals surface area contributed by atoms with E-state index in [1.165, 1.54) is 0 Å². The van der Waals surface area contributed by atoms with Crippen LogP contribution in [0.5, 0.6) is 0 Å². The molecule has 103 valence electrons. The summed E-state index contributed by atoms with van der Waals surface area (Å²) in [5.41, 5.74) is 0.905. The lowest BCUT2D eigenvalue weighted by molar-refractivity contribution is -0.134. The van der Waals surface area contributed by atoms with Crippen molar-refractivity contribution in [3.05, 3.63) is 41.8 Å². The first kappa shape index (κ1) is 14.4. The van der Waals surface area contributed by atoms with Gasteiger partial charge in [-0.2, -0.15) is 0 Å². The number of benzene rings is 1. The van der Waals surface area contributed by atoms with Gasteiger partial charge in [-0.1, -0.05) is 43.6 Å². The second kappa shape index (κ2) is 6.42. The molecule has 1 unspecified atom stereocenters. The van der Waals surface area contributed by atoms with Crippen molar-refractivity contribution >= 4 is 17.5 Å². The molecular weight excluding hydrogens is 258 g/mol. The third-order valence-electron chi connectivity index (χ3n) is 3.96. The van der Waals surface area contributed by atoms with Gasteiger partial charge in [-0.05, 0) is 36.8 Å². The molecule has 1 atom stereocenters. The van der Waals surface area contributed by atoms with Gasteiger partial charge in [0.15, 0.2) is 0 Å². The van der Waals surface area contributed by atoms with Crippen LogP contribution in [0.1, 0.15) is 37.7 Å². The third kappa shape index (κ3) is 3.30. The predicted octanol–water partition coefficient (Wildman–Crippen LogP) is 3.91. The lowest BCUT2D eigenvalue weighted by atomic mass is 9.92. The van der Waals surface area contributed by atoms with Crippen molar-refractivity contribution in [1.82, 2.24) is 4.90 Å². The molecule has 19 heavy (non-hydrogen) atoms. The molecule has 0 aromatic heterocycles. The molecule has 0 spiro atoms. The number of halogens is 1. The van der Waals surface area contributed by atoms with Crippen LogP contribution >= 0.6 is 11.6 Å². The second-order valence-corrected chi connectivity index (χ2v) is 5.78. The summed E-state index contributed by atoms with van der Waals surface area (Å²) >= 11 is 6.21. The van der Waals surface area contributed by atoms with Gasteiger partial charge in [-0.25, -0.2) is 0 Å². The Labute approximate surface area is 120 Å². The number of amides is 1. The van der Waals surface area contributed by atoms with E-state index in [2.05, 4.69) is 13.8 Å². The standard InChI is InChI=1S/C16H21ClNO/c1-3-13(14-6-4-5-7-15(14)17)16(19)18-10-8-12(2)9-11-18/h4-7,12-13H,1,3,8-11H2,2H3. The fourth-order valence-electron chi connectivity index (χ4n) is 2.62. The van der Waals surface area contributed by atoms with E-state index in [4.69, 9.17) is 11.6 Å². The first-order valence-electron chi connectivity index (χ1n) is 6.96. The fraction of sp³-hybridized carbons (Fsp3) is 0.500. The van der Waals surface area contributed by atoms with Gasteiger partial charge in [-0.15, -0.1) is 0 Å². The number of nitrogens with zero attached hydrogens (tertiary/aromatic N) is 1. The molecule has 0 N–H and O–H groups in total. The lowest BCUT2D eigenvalue weighted by Crippen LogP contribution is -2.40. The summed E-state index contributed by atoms with van der Waals surface area (Å²) in [4.78, 5) is 14.6. The molecule has 1 aromatic carbocycles. The number of hydrogen-bond acceptors (Lipinski definition) is 1. The maximum Gasteiger partial charge on any atom is 0.230 e. The third-order valence-corrected chi connectivity index (χ3v) is 4.31. The number of carbonyl (C=O) groups excluding carboxylic acids is 1. The zero-order chi connectivity index (χ0) is 13.8. The number of rotatable bonds is 3. The number of piperidine rings is 1. The smallest absolute Gasteiger partial charge is 0.230 e. The van der Waals surface area contributed by atoms with Gasteiger partial charge >= 0.3 is 0 Å². The molecule has 1 aliphatic heterocycles. The summed E-state index contributed by atoms with van der Waals surface area (Å²) < 4.78 is 0. The molecule has 1 fully saturated rings. The molecule has 0 aliphatic carbocycles. The molecule has 1 radical (unpaired) electrons. The van der Waals surface area contributed by atoms with E-state index in [0.717, 1.165) is 37.4 Å².